The van der Waals surface area contributed by atoms with Crippen LogP contribution < -0.4 is 11.1 Å². The highest BCUT2D eigenvalue weighted by atomic mass is 32.1. The molecule has 1 amide bonds. The van der Waals surface area contributed by atoms with Gasteiger partial charge in [-0.2, -0.15) is 0 Å². The lowest BCUT2D eigenvalue weighted by atomic mass is 9.92. The lowest BCUT2D eigenvalue weighted by molar-refractivity contribution is 0.0930. The van der Waals surface area contributed by atoms with Gasteiger partial charge in [-0.1, -0.05) is 6.07 Å². The Hall–Kier alpha value is -0.870. The van der Waals surface area contributed by atoms with Gasteiger partial charge < -0.3 is 11.1 Å². The van der Waals surface area contributed by atoms with E-state index in [4.69, 9.17) is 5.73 Å². The van der Waals surface area contributed by atoms with E-state index in [-0.39, 0.29) is 5.91 Å². The monoisotopic (exact) mass is 224 g/mol. The summed E-state index contributed by atoms with van der Waals surface area (Å²) in [5.74, 6) is 0.0606. The molecule has 1 saturated carbocycles. The van der Waals surface area contributed by atoms with Crippen LogP contribution in [0, 0.1) is 0 Å². The first kappa shape index (κ1) is 10.6. The van der Waals surface area contributed by atoms with Crippen LogP contribution in [0.25, 0.3) is 0 Å². The molecule has 3 N–H and O–H groups in total. The van der Waals surface area contributed by atoms with Crippen molar-refractivity contribution in [2.45, 2.75) is 37.8 Å². The zero-order chi connectivity index (χ0) is 10.7. The van der Waals surface area contributed by atoms with Gasteiger partial charge in [0.15, 0.2) is 0 Å². The highest BCUT2D eigenvalue weighted by Crippen LogP contribution is 2.18. The first-order valence-corrected chi connectivity index (χ1v) is 6.23. The molecular formula is C11H16N2OS. The molecule has 0 spiro atoms. The molecule has 1 aromatic rings. The van der Waals surface area contributed by atoms with E-state index >= 15 is 0 Å². The second-order valence-corrected chi connectivity index (χ2v) is 5.01. The Kier molecular flexibility index (Phi) is 3.38. The molecule has 4 heteroatoms. The van der Waals surface area contributed by atoms with Gasteiger partial charge in [0, 0.05) is 12.1 Å². The van der Waals surface area contributed by atoms with Crippen LogP contribution >= 0.6 is 11.3 Å². The van der Waals surface area contributed by atoms with Gasteiger partial charge in [-0.25, -0.2) is 0 Å². The van der Waals surface area contributed by atoms with Crippen molar-refractivity contribution < 1.29 is 4.79 Å². The molecule has 0 radical (unpaired) electrons. The number of carbonyl (C=O) groups is 1. The molecule has 15 heavy (non-hydrogen) atoms. The van der Waals surface area contributed by atoms with E-state index in [0.717, 1.165) is 30.6 Å². The second kappa shape index (κ2) is 4.77. The van der Waals surface area contributed by atoms with Crippen LogP contribution in [0.2, 0.25) is 0 Å². The van der Waals surface area contributed by atoms with Crippen molar-refractivity contribution in [1.82, 2.24) is 5.32 Å². The van der Waals surface area contributed by atoms with Crippen LogP contribution in [0.4, 0.5) is 0 Å². The van der Waals surface area contributed by atoms with E-state index in [1.807, 2.05) is 17.5 Å². The first-order valence-electron chi connectivity index (χ1n) is 5.35. The van der Waals surface area contributed by atoms with Gasteiger partial charge >= 0.3 is 0 Å². The minimum Gasteiger partial charge on any atom is -0.349 e. The molecule has 2 rings (SSSR count). The topological polar surface area (TPSA) is 55.1 Å². The largest absolute Gasteiger partial charge is 0.349 e. The Balaban J connectivity index is 1.85. The fourth-order valence-corrected chi connectivity index (χ4v) is 2.55. The van der Waals surface area contributed by atoms with E-state index in [1.54, 1.807) is 0 Å². The SMILES string of the molecule is NC1CCC(NC(=O)c2cccs2)CC1. The zero-order valence-electron chi connectivity index (χ0n) is 8.61. The normalized spacial score (nSPS) is 26.2. The van der Waals surface area contributed by atoms with Gasteiger partial charge in [0.1, 0.15) is 0 Å². The maximum absolute atomic E-state index is 11.7. The van der Waals surface area contributed by atoms with Crippen molar-refractivity contribution in [1.29, 1.82) is 0 Å². The summed E-state index contributed by atoms with van der Waals surface area (Å²) in [5, 5.41) is 4.98. The maximum atomic E-state index is 11.7. The molecule has 0 aliphatic heterocycles. The number of amides is 1. The Morgan fingerprint density at radius 2 is 2.13 bits per heavy atom. The van der Waals surface area contributed by atoms with Crippen LogP contribution in [0.1, 0.15) is 35.4 Å². The summed E-state index contributed by atoms with van der Waals surface area (Å²) < 4.78 is 0. The molecular weight excluding hydrogens is 208 g/mol. The van der Waals surface area contributed by atoms with Gasteiger partial charge in [0.05, 0.1) is 4.88 Å². The lowest BCUT2D eigenvalue weighted by Gasteiger charge is -2.26. The third-order valence-electron chi connectivity index (χ3n) is 2.85. The maximum Gasteiger partial charge on any atom is 0.261 e. The van der Waals surface area contributed by atoms with Gasteiger partial charge in [-0.15, -0.1) is 11.3 Å². The Morgan fingerprint density at radius 1 is 1.40 bits per heavy atom. The lowest BCUT2D eigenvalue weighted by Crippen LogP contribution is -2.40. The number of hydrogen-bond donors (Lipinski definition) is 2. The quantitative estimate of drug-likeness (QED) is 0.804. The molecule has 82 valence electrons. The van der Waals surface area contributed by atoms with E-state index in [0.29, 0.717) is 12.1 Å². The molecule has 1 aliphatic rings. The Labute approximate surface area is 93.7 Å². The minimum absolute atomic E-state index is 0.0606. The summed E-state index contributed by atoms with van der Waals surface area (Å²) in [6.07, 6.45) is 4.07. The fourth-order valence-electron chi connectivity index (χ4n) is 1.93. The number of nitrogens with one attached hydrogen (secondary N) is 1. The average molecular weight is 224 g/mol. The third-order valence-corrected chi connectivity index (χ3v) is 3.72. The highest BCUT2D eigenvalue weighted by molar-refractivity contribution is 7.12. The van der Waals surface area contributed by atoms with Crippen molar-refractivity contribution in [3.63, 3.8) is 0 Å². The summed E-state index contributed by atoms with van der Waals surface area (Å²) in [7, 11) is 0. The molecule has 0 unspecified atom stereocenters. The van der Waals surface area contributed by atoms with Crippen molar-refractivity contribution in [3.05, 3.63) is 22.4 Å². The number of nitrogens with two attached hydrogens (primary N) is 1. The number of rotatable bonds is 2. The minimum atomic E-state index is 0.0606. The van der Waals surface area contributed by atoms with Gasteiger partial charge in [0.2, 0.25) is 0 Å². The summed E-state index contributed by atoms with van der Waals surface area (Å²) in [4.78, 5) is 12.5. The van der Waals surface area contributed by atoms with Crippen LogP contribution in [0.5, 0.6) is 0 Å². The molecule has 3 nitrogen and oxygen atoms in total. The van der Waals surface area contributed by atoms with Crippen LogP contribution in [-0.2, 0) is 0 Å². The van der Waals surface area contributed by atoms with Crippen LogP contribution in [-0.4, -0.2) is 18.0 Å². The predicted octanol–water partition coefficient (Wildman–Crippen LogP) is 1.75. The van der Waals surface area contributed by atoms with Crippen molar-refractivity contribution in [2.24, 2.45) is 5.73 Å². The van der Waals surface area contributed by atoms with Crippen LogP contribution in [0.15, 0.2) is 17.5 Å². The number of carbonyl (C=O) groups excluding carboxylic acids is 1. The summed E-state index contributed by atoms with van der Waals surface area (Å²) in [5.41, 5.74) is 5.81. The molecule has 1 aromatic heterocycles. The molecule has 1 fully saturated rings. The van der Waals surface area contributed by atoms with Gasteiger partial charge in [0.25, 0.3) is 5.91 Å². The molecule has 0 bridgehead atoms. The first-order chi connectivity index (χ1) is 7.25. The molecule has 0 atom stereocenters. The molecule has 1 heterocycles. The zero-order valence-corrected chi connectivity index (χ0v) is 9.43. The average Bonchev–Trinajstić information content (AvgIpc) is 2.74. The second-order valence-electron chi connectivity index (χ2n) is 4.06. The van der Waals surface area contributed by atoms with Crippen molar-refractivity contribution in [3.8, 4) is 0 Å². The van der Waals surface area contributed by atoms with E-state index in [1.165, 1.54) is 11.3 Å². The Morgan fingerprint density at radius 3 is 2.73 bits per heavy atom. The fraction of sp³-hybridized carbons (Fsp3) is 0.545. The standard InChI is InChI=1S/C11H16N2OS/c12-8-3-5-9(6-4-8)13-11(14)10-2-1-7-15-10/h1-2,7-9H,3-6,12H2,(H,13,14). The summed E-state index contributed by atoms with van der Waals surface area (Å²) in [6, 6.07) is 4.41. The highest BCUT2D eigenvalue weighted by Gasteiger charge is 2.20. The third kappa shape index (κ3) is 2.79. The summed E-state index contributed by atoms with van der Waals surface area (Å²) in [6.45, 7) is 0. The van der Waals surface area contributed by atoms with E-state index < -0.39 is 0 Å². The summed E-state index contributed by atoms with van der Waals surface area (Å²) >= 11 is 1.48. The van der Waals surface area contributed by atoms with Gasteiger partial charge in [-0.3, -0.25) is 4.79 Å². The van der Waals surface area contributed by atoms with Crippen molar-refractivity contribution in [2.75, 3.05) is 0 Å². The predicted molar refractivity (Wildman–Crippen MR) is 62.0 cm³/mol. The van der Waals surface area contributed by atoms with E-state index in [2.05, 4.69) is 5.32 Å². The van der Waals surface area contributed by atoms with E-state index in [9.17, 15) is 4.79 Å². The molecule has 0 aromatic carbocycles. The van der Waals surface area contributed by atoms with Crippen LogP contribution in [0.3, 0.4) is 0 Å². The number of thiophene rings is 1. The molecule has 0 saturated heterocycles. The smallest absolute Gasteiger partial charge is 0.261 e. The number of hydrogen-bond acceptors (Lipinski definition) is 3. The van der Waals surface area contributed by atoms with Crippen molar-refractivity contribution >= 4 is 17.2 Å². The Bertz CT molecular complexity index is 315. The molecule has 1 aliphatic carbocycles. The van der Waals surface area contributed by atoms with Gasteiger partial charge in [-0.05, 0) is 37.1 Å².